The van der Waals surface area contributed by atoms with Crippen molar-refractivity contribution in [1.82, 2.24) is 4.90 Å². The first-order valence-corrected chi connectivity index (χ1v) is 6.12. The van der Waals surface area contributed by atoms with E-state index in [0.29, 0.717) is 6.29 Å². The Labute approximate surface area is 89.6 Å². The van der Waals surface area contributed by atoms with E-state index in [1.165, 1.54) is 0 Å². The molecule has 0 aromatic rings. The van der Waals surface area contributed by atoms with Crippen LogP contribution in [0.2, 0.25) is 0 Å². The summed E-state index contributed by atoms with van der Waals surface area (Å²) < 4.78 is 0. The summed E-state index contributed by atoms with van der Waals surface area (Å²) >= 11 is 0. The van der Waals surface area contributed by atoms with Crippen molar-refractivity contribution in [2.24, 2.45) is 5.73 Å². The van der Waals surface area contributed by atoms with Gasteiger partial charge in [0.2, 0.25) is 5.91 Å². The van der Waals surface area contributed by atoms with E-state index in [4.69, 9.17) is 5.73 Å². The van der Waals surface area contributed by atoms with Crippen LogP contribution in [0.1, 0.15) is 40.0 Å². The molecule has 1 amide bonds. The Kier molecular flexibility index (Phi) is 7.12. The minimum Gasteiger partial charge on any atom is -0.335 e. The number of hydrogen-bond acceptors (Lipinski definition) is 2. The summed E-state index contributed by atoms with van der Waals surface area (Å²) in [4.78, 5) is 13.2. The molecule has 0 fully saturated rings. The quantitative estimate of drug-likeness (QED) is 0.688. The Morgan fingerprint density at radius 1 is 1.50 bits per heavy atom. The van der Waals surface area contributed by atoms with Crippen LogP contribution in [0.15, 0.2) is 0 Å². The Bertz CT molecular complexity index is 176. The van der Waals surface area contributed by atoms with Crippen LogP contribution in [0, 0.1) is 0 Å². The normalized spacial score (nSPS) is 14.9. The fourth-order valence-electron chi connectivity index (χ4n) is 1.78. The third-order valence-corrected chi connectivity index (χ3v) is 2.93. The number of nitrogens with two attached hydrogens (primary N) is 1. The summed E-state index contributed by atoms with van der Waals surface area (Å²) in [5, 5.41) is 0. The zero-order chi connectivity index (χ0) is 11.1. The lowest BCUT2D eigenvalue weighted by Gasteiger charge is -2.33. The van der Waals surface area contributed by atoms with Gasteiger partial charge in [-0.1, -0.05) is 20.3 Å². The molecule has 0 radical (unpaired) electrons. The lowest BCUT2D eigenvalue weighted by Crippen LogP contribution is -2.48. The third-order valence-electron chi connectivity index (χ3n) is 2.54. The zero-order valence-corrected chi connectivity index (χ0v) is 10.6. The molecule has 0 aliphatic carbocycles. The molecular formula is C10H23N2OP. The van der Waals surface area contributed by atoms with Gasteiger partial charge in [0.1, 0.15) is 0 Å². The van der Waals surface area contributed by atoms with Crippen LogP contribution in [-0.2, 0) is 4.79 Å². The smallest absolute Gasteiger partial charge is 0.220 e. The first-order chi connectivity index (χ1) is 6.58. The minimum atomic E-state index is 0.106. The lowest BCUT2D eigenvalue weighted by molar-refractivity contribution is -0.130. The Morgan fingerprint density at radius 3 is 2.36 bits per heavy atom. The maximum absolute atomic E-state index is 11.3. The fourth-order valence-corrected chi connectivity index (χ4v) is 2.31. The van der Waals surface area contributed by atoms with E-state index < -0.39 is 0 Å². The molecule has 3 atom stereocenters. The molecule has 1 unspecified atom stereocenters. The standard InChI is InChI=1S/C10H23N2OP/c1-4-6-9(11)10(5-2)12(7-14)8(3)13/h9-10H,4-7,11,14H2,1-3H3/t9-,10-/m1/s1. The molecule has 0 rings (SSSR count). The van der Waals surface area contributed by atoms with Crippen molar-refractivity contribution in [3.63, 3.8) is 0 Å². The van der Waals surface area contributed by atoms with E-state index in [2.05, 4.69) is 23.1 Å². The molecule has 4 heteroatoms. The summed E-state index contributed by atoms with van der Waals surface area (Å²) in [6, 6.07) is 0.291. The predicted molar refractivity (Wildman–Crippen MR) is 64.1 cm³/mol. The molecule has 0 aromatic heterocycles. The molecule has 0 saturated heterocycles. The summed E-state index contributed by atoms with van der Waals surface area (Å²) in [6.07, 6.45) is 3.65. The maximum atomic E-state index is 11.3. The second kappa shape index (κ2) is 7.19. The van der Waals surface area contributed by atoms with Crippen LogP contribution in [0.4, 0.5) is 0 Å². The highest BCUT2D eigenvalue weighted by atomic mass is 31.0. The molecule has 14 heavy (non-hydrogen) atoms. The van der Waals surface area contributed by atoms with Crippen molar-refractivity contribution in [2.75, 3.05) is 6.29 Å². The van der Waals surface area contributed by atoms with E-state index in [-0.39, 0.29) is 18.0 Å². The van der Waals surface area contributed by atoms with Gasteiger partial charge >= 0.3 is 0 Å². The molecule has 84 valence electrons. The topological polar surface area (TPSA) is 46.3 Å². The molecule has 0 heterocycles. The van der Waals surface area contributed by atoms with Gasteiger partial charge in [0.15, 0.2) is 0 Å². The SMILES string of the molecule is CCC[C@@H](N)[C@@H](CC)N(CP)C(C)=O. The Morgan fingerprint density at radius 2 is 2.07 bits per heavy atom. The van der Waals surface area contributed by atoms with Crippen molar-refractivity contribution in [3.8, 4) is 0 Å². The van der Waals surface area contributed by atoms with Crippen molar-refractivity contribution in [2.45, 2.75) is 52.1 Å². The highest BCUT2D eigenvalue weighted by molar-refractivity contribution is 7.16. The molecule has 0 aromatic carbocycles. The number of rotatable bonds is 6. The lowest BCUT2D eigenvalue weighted by atomic mass is 10.0. The average Bonchev–Trinajstić information content (AvgIpc) is 2.13. The molecule has 2 N–H and O–H groups in total. The van der Waals surface area contributed by atoms with Crippen LogP contribution in [0.5, 0.6) is 0 Å². The number of amides is 1. The molecule has 0 saturated carbocycles. The van der Waals surface area contributed by atoms with E-state index in [9.17, 15) is 4.79 Å². The van der Waals surface area contributed by atoms with Crippen molar-refractivity contribution >= 4 is 15.1 Å². The largest absolute Gasteiger partial charge is 0.335 e. The monoisotopic (exact) mass is 218 g/mol. The number of carbonyl (C=O) groups excluding carboxylic acids is 1. The highest BCUT2D eigenvalue weighted by Gasteiger charge is 2.23. The van der Waals surface area contributed by atoms with Gasteiger partial charge in [-0.05, 0) is 12.8 Å². The van der Waals surface area contributed by atoms with E-state index >= 15 is 0 Å². The van der Waals surface area contributed by atoms with E-state index in [1.807, 2.05) is 4.90 Å². The summed E-state index contributed by atoms with van der Waals surface area (Å²) in [6.45, 7) is 5.80. The van der Waals surface area contributed by atoms with Crippen LogP contribution in [-0.4, -0.2) is 29.2 Å². The molecule has 0 aliphatic rings. The average molecular weight is 218 g/mol. The van der Waals surface area contributed by atoms with Crippen molar-refractivity contribution in [3.05, 3.63) is 0 Å². The van der Waals surface area contributed by atoms with Crippen molar-refractivity contribution < 1.29 is 4.79 Å². The molecule has 3 nitrogen and oxygen atoms in total. The third kappa shape index (κ3) is 3.93. The number of hydrogen-bond donors (Lipinski definition) is 1. The van der Waals surface area contributed by atoms with Crippen LogP contribution in [0.3, 0.4) is 0 Å². The van der Waals surface area contributed by atoms with E-state index in [1.54, 1.807) is 6.92 Å². The zero-order valence-electron chi connectivity index (χ0n) is 9.49. The Balaban J connectivity index is 4.41. The highest BCUT2D eigenvalue weighted by Crippen LogP contribution is 2.13. The van der Waals surface area contributed by atoms with Crippen molar-refractivity contribution in [1.29, 1.82) is 0 Å². The predicted octanol–water partition coefficient (Wildman–Crippen LogP) is 1.57. The van der Waals surface area contributed by atoms with Crippen LogP contribution < -0.4 is 5.73 Å². The summed E-state index contributed by atoms with van der Waals surface area (Å²) in [5.41, 5.74) is 6.05. The summed E-state index contributed by atoms with van der Waals surface area (Å²) in [5.74, 6) is 0.110. The number of carbonyl (C=O) groups is 1. The van der Waals surface area contributed by atoms with Gasteiger partial charge in [0.25, 0.3) is 0 Å². The molecule has 0 spiro atoms. The van der Waals surface area contributed by atoms with E-state index in [0.717, 1.165) is 19.3 Å². The summed E-state index contributed by atoms with van der Waals surface area (Å²) in [7, 11) is 2.59. The Hall–Kier alpha value is -0.140. The second-order valence-electron chi connectivity index (χ2n) is 3.60. The minimum absolute atomic E-state index is 0.106. The maximum Gasteiger partial charge on any atom is 0.220 e. The molecule has 0 aliphatic heterocycles. The van der Waals surface area contributed by atoms with Crippen LogP contribution in [0.25, 0.3) is 0 Å². The first kappa shape index (κ1) is 13.9. The van der Waals surface area contributed by atoms with Gasteiger partial charge in [-0.3, -0.25) is 4.79 Å². The van der Waals surface area contributed by atoms with Gasteiger partial charge in [-0.15, -0.1) is 9.24 Å². The van der Waals surface area contributed by atoms with Gasteiger partial charge in [-0.2, -0.15) is 0 Å². The molecule has 0 bridgehead atoms. The molecular weight excluding hydrogens is 195 g/mol. The van der Waals surface area contributed by atoms with Gasteiger partial charge in [0, 0.05) is 25.3 Å². The first-order valence-electron chi connectivity index (χ1n) is 5.31. The van der Waals surface area contributed by atoms with Gasteiger partial charge in [0.05, 0.1) is 0 Å². The second-order valence-corrected chi connectivity index (χ2v) is 3.96. The fraction of sp³-hybridized carbons (Fsp3) is 0.900. The van der Waals surface area contributed by atoms with Crippen LogP contribution >= 0.6 is 9.24 Å². The van der Waals surface area contributed by atoms with Gasteiger partial charge in [-0.25, -0.2) is 0 Å². The van der Waals surface area contributed by atoms with Gasteiger partial charge < -0.3 is 10.6 Å². The number of nitrogens with zero attached hydrogens (tertiary/aromatic N) is 1.